The first-order valence-electron chi connectivity index (χ1n) is 5.19. The second-order valence-electron chi connectivity index (χ2n) is 3.79. The molecule has 2 heteroatoms. The standard InChI is InChI=1S/C13H14O2/c1-3-9(2)8-12-10-6-4-5-7-11(10)13(14)15-12/h4-7,12H,2-3,8H2,1H3/t12-/m0/s1. The van der Waals surface area contributed by atoms with Crippen LogP contribution < -0.4 is 0 Å². The molecule has 1 aliphatic rings. The molecule has 0 bridgehead atoms. The summed E-state index contributed by atoms with van der Waals surface area (Å²) in [5, 5.41) is 0. The van der Waals surface area contributed by atoms with Gasteiger partial charge in [0.25, 0.3) is 0 Å². The van der Waals surface area contributed by atoms with Crippen LogP contribution in [0.4, 0.5) is 0 Å². The highest BCUT2D eigenvalue weighted by atomic mass is 16.5. The minimum absolute atomic E-state index is 0.124. The maximum absolute atomic E-state index is 11.5. The van der Waals surface area contributed by atoms with Gasteiger partial charge in [0.15, 0.2) is 0 Å². The summed E-state index contributed by atoms with van der Waals surface area (Å²) >= 11 is 0. The Kier molecular flexibility index (Phi) is 2.58. The average Bonchev–Trinajstić information content (AvgIpc) is 2.57. The van der Waals surface area contributed by atoms with E-state index in [9.17, 15) is 4.79 Å². The van der Waals surface area contributed by atoms with Gasteiger partial charge in [-0.2, -0.15) is 0 Å². The molecule has 15 heavy (non-hydrogen) atoms. The molecule has 0 amide bonds. The monoisotopic (exact) mass is 202 g/mol. The van der Waals surface area contributed by atoms with Crippen LogP contribution in [0.15, 0.2) is 36.4 Å². The van der Waals surface area contributed by atoms with Gasteiger partial charge in [-0.3, -0.25) is 0 Å². The second-order valence-corrected chi connectivity index (χ2v) is 3.79. The number of fused-ring (bicyclic) bond motifs is 1. The lowest BCUT2D eigenvalue weighted by molar-refractivity contribution is 0.0386. The Balaban J connectivity index is 2.25. The quantitative estimate of drug-likeness (QED) is 0.555. The molecule has 0 fully saturated rings. The average molecular weight is 202 g/mol. The van der Waals surface area contributed by atoms with Crippen LogP contribution in [0.1, 0.15) is 41.8 Å². The zero-order valence-electron chi connectivity index (χ0n) is 8.82. The van der Waals surface area contributed by atoms with E-state index in [0.29, 0.717) is 5.56 Å². The highest BCUT2D eigenvalue weighted by Crippen LogP contribution is 2.34. The third-order valence-corrected chi connectivity index (χ3v) is 2.75. The number of rotatable bonds is 3. The normalized spacial score (nSPS) is 18.5. The van der Waals surface area contributed by atoms with Gasteiger partial charge in [0, 0.05) is 12.0 Å². The Labute approximate surface area is 89.6 Å². The van der Waals surface area contributed by atoms with E-state index >= 15 is 0 Å². The van der Waals surface area contributed by atoms with Crippen molar-refractivity contribution in [1.82, 2.24) is 0 Å². The molecule has 1 atom stereocenters. The zero-order valence-corrected chi connectivity index (χ0v) is 8.82. The number of ether oxygens (including phenoxy) is 1. The molecule has 0 aliphatic carbocycles. The molecule has 0 aromatic heterocycles. The van der Waals surface area contributed by atoms with Crippen LogP contribution in [0.3, 0.4) is 0 Å². The van der Waals surface area contributed by atoms with Crippen molar-refractivity contribution in [3.05, 3.63) is 47.5 Å². The van der Waals surface area contributed by atoms with Crippen LogP contribution in [-0.4, -0.2) is 5.97 Å². The Morgan fingerprint density at radius 1 is 1.47 bits per heavy atom. The van der Waals surface area contributed by atoms with E-state index in [4.69, 9.17) is 4.74 Å². The van der Waals surface area contributed by atoms with E-state index in [2.05, 4.69) is 13.5 Å². The lowest BCUT2D eigenvalue weighted by Gasteiger charge is -2.11. The summed E-state index contributed by atoms with van der Waals surface area (Å²) in [6, 6.07) is 7.56. The minimum atomic E-state index is -0.209. The number of hydrogen-bond acceptors (Lipinski definition) is 2. The van der Waals surface area contributed by atoms with Gasteiger partial charge in [0.2, 0.25) is 0 Å². The van der Waals surface area contributed by atoms with E-state index in [-0.39, 0.29) is 12.1 Å². The predicted octanol–water partition coefficient (Wildman–Crippen LogP) is 3.25. The van der Waals surface area contributed by atoms with E-state index in [1.165, 1.54) is 0 Å². The molecule has 0 N–H and O–H groups in total. The Morgan fingerprint density at radius 3 is 2.93 bits per heavy atom. The van der Waals surface area contributed by atoms with Crippen molar-refractivity contribution in [3.63, 3.8) is 0 Å². The molecule has 0 radical (unpaired) electrons. The Bertz CT molecular complexity index is 407. The number of carbonyl (C=O) groups excluding carboxylic acids is 1. The largest absolute Gasteiger partial charge is 0.454 e. The Hall–Kier alpha value is -1.57. The highest BCUT2D eigenvalue weighted by Gasteiger charge is 2.30. The molecular formula is C13H14O2. The smallest absolute Gasteiger partial charge is 0.339 e. The minimum Gasteiger partial charge on any atom is -0.454 e. The summed E-state index contributed by atoms with van der Waals surface area (Å²) in [6.45, 7) is 6.00. The zero-order chi connectivity index (χ0) is 10.8. The van der Waals surface area contributed by atoms with Crippen molar-refractivity contribution in [3.8, 4) is 0 Å². The van der Waals surface area contributed by atoms with Crippen LogP contribution >= 0.6 is 0 Å². The van der Waals surface area contributed by atoms with Crippen molar-refractivity contribution in [2.75, 3.05) is 0 Å². The molecule has 78 valence electrons. The van der Waals surface area contributed by atoms with Gasteiger partial charge in [-0.05, 0) is 12.5 Å². The van der Waals surface area contributed by atoms with Crippen molar-refractivity contribution in [2.24, 2.45) is 0 Å². The number of benzene rings is 1. The molecule has 1 aromatic carbocycles. The van der Waals surface area contributed by atoms with Gasteiger partial charge in [0.1, 0.15) is 6.10 Å². The maximum Gasteiger partial charge on any atom is 0.339 e. The van der Waals surface area contributed by atoms with Gasteiger partial charge < -0.3 is 4.74 Å². The van der Waals surface area contributed by atoms with Gasteiger partial charge >= 0.3 is 5.97 Å². The van der Waals surface area contributed by atoms with Gasteiger partial charge in [-0.15, -0.1) is 0 Å². The van der Waals surface area contributed by atoms with E-state index in [1.807, 2.05) is 24.3 Å². The van der Waals surface area contributed by atoms with E-state index in [1.54, 1.807) is 0 Å². The van der Waals surface area contributed by atoms with Crippen molar-refractivity contribution in [2.45, 2.75) is 25.9 Å². The van der Waals surface area contributed by atoms with Crippen molar-refractivity contribution in [1.29, 1.82) is 0 Å². The molecular weight excluding hydrogens is 188 g/mol. The molecule has 2 nitrogen and oxygen atoms in total. The first kappa shape index (κ1) is 9.97. The van der Waals surface area contributed by atoms with Crippen LogP contribution in [0.2, 0.25) is 0 Å². The number of esters is 1. The fraction of sp³-hybridized carbons (Fsp3) is 0.308. The maximum atomic E-state index is 11.5. The van der Waals surface area contributed by atoms with E-state index < -0.39 is 0 Å². The van der Waals surface area contributed by atoms with Crippen LogP contribution in [0, 0.1) is 0 Å². The van der Waals surface area contributed by atoms with Crippen molar-refractivity contribution < 1.29 is 9.53 Å². The first-order chi connectivity index (χ1) is 7.22. The molecule has 0 unspecified atom stereocenters. The first-order valence-corrected chi connectivity index (χ1v) is 5.19. The summed E-state index contributed by atoms with van der Waals surface area (Å²) in [7, 11) is 0. The van der Waals surface area contributed by atoms with Crippen LogP contribution in [0.25, 0.3) is 0 Å². The lowest BCUT2D eigenvalue weighted by Crippen LogP contribution is -1.99. The third kappa shape index (κ3) is 1.80. The predicted molar refractivity (Wildman–Crippen MR) is 58.6 cm³/mol. The third-order valence-electron chi connectivity index (χ3n) is 2.75. The van der Waals surface area contributed by atoms with E-state index in [0.717, 1.165) is 24.0 Å². The fourth-order valence-corrected chi connectivity index (χ4v) is 1.78. The highest BCUT2D eigenvalue weighted by molar-refractivity contribution is 5.94. The topological polar surface area (TPSA) is 26.3 Å². The fourth-order valence-electron chi connectivity index (χ4n) is 1.78. The summed E-state index contributed by atoms with van der Waals surface area (Å²) in [6.07, 6.45) is 1.54. The second kappa shape index (κ2) is 3.89. The number of hydrogen-bond donors (Lipinski definition) is 0. The SMILES string of the molecule is C=C(CC)C[C@@H]1OC(=O)c2ccccc21. The van der Waals surface area contributed by atoms with Crippen molar-refractivity contribution >= 4 is 5.97 Å². The summed E-state index contributed by atoms with van der Waals surface area (Å²) in [5.41, 5.74) is 2.81. The number of carbonyl (C=O) groups is 1. The molecule has 2 rings (SSSR count). The summed E-state index contributed by atoms with van der Waals surface area (Å²) in [5.74, 6) is -0.209. The molecule has 1 aromatic rings. The molecule has 0 saturated heterocycles. The number of cyclic esters (lactones) is 1. The Morgan fingerprint density at radius 2 is 2.20 bits per heavy atom. The van der Waals surface area contributed by atoms with Crippen LogP contribution in [-0.2, 0) is 4.74 Å². The molecule has 1 aliphatic heterocycles. The lowest BCUT2D eigenvalue weighted by atomic mass is 9.99. The summed E-state index contributed by atoms with van der Waals surface area (Å²) in [4.78, 5) is 11.5. The van der Waals surface area contributed by atoms with Gasteiger partial charge in [-0.1, -0.05) is 37.3 Å². The summed E-state index contributed by atoms with van der Waals surface area (Å²) < 4.78 is 5.30. The van der Waals surface area contributed by atoms with Gasteiger partial charge in [0.05, 0.1) is 5.56 Å². The molecule has 0 spiro atoms. The van der Waals surface area contributed by atoms with Crippen LogP contribution in [0.5, 0.6) is 0 Å². The molecule has 1 heterocycles. The van der Waals surface area contributed by atoms with Gasteiger partial charge in [-0.25, -0.2) is 4.79 Å². The molecule has 0 saturated carbocycles.